The normalized spacial score (nSPS) is 15.6. The van der Waals surface area contributed by atoms with Crippen LogP contribution >= 0.6 is 11.6 Å². The van der Waals surface area contributed by atoms with Gasteiger partial charge in [-0.05, 0) is 23.8 Å². The summed E-state index contributed by atoms with van der Waals surface area (Å²) in [5.41, 5.74) is 2.01. The minimum Gasteiger partial charge on any atom is -0.379 e. The molecule has 120 valence electrons. The van der Waals surface area contributed by atoms with E-state index in [9.17, 15) is 9.18 Å². The fourth-order valence-electron chi connectivity index (χ4n) is 2.61. The molecule has 0 N–H and O–H groups in total. The summed E-state index contributed by atoms with van der Waals surface area (Å²) in [6, 6.07) is 11.3. The van der Waals surface area contributed by atoms with Gasteiger partial charge in [-0.1, -0.05) is 35.9 Å². The van der Waals surface area contributed by atoms with Crippen LogP contribution in [0.3, 0.4) is 0 Å². The molecule has 0 saturated carbocycles. The van der Waals surface area contributed by atoms with Crippen molar-refractivity contribution in [2.75, 3.05) is 26.3 Å². The average Bonchev–Trinajstić information content (AvgIpc) is 2.56. The Labute approximate surface area is 139 Å². The van der Waals surface area contributed by atoms with Gasteiger partial charge in [0.2, 0.25) is 0 Å². The van der Waals surface area contributed by atoms with Gasteiger partial charge in [0.15, 0.2) is 5.78 Å². The Hall–Kier alpha value is -1.75. The molecule has 0 atom stereocenters. The molecule has 5 heteroatoms. The second-order valence-electron chi connectivity index (χ2n) is 5.54. The number of ether oxygens (including phenoxy) is 1. The van der Waals surface area contributed by atoms with Gasteiger partial charge < -0.3 is 4.74 Å². The van der Waals surface area contributed by atoms with Gasteiger partial charge >= 0.3 is 0 Å². The predicted molar refractivity (Wildman–Crippen MR) is 87.4 cm³/mol. The van der Waals surface area contributed by atoms with Gasteiger partial charge in [0, 0.05) is 30.8 Å². The maximum absolute atomic E-state index is 13.1. The Kier molecular flexibility index (Phi) is 5.06. The van der Waals surface area contributed by atoms with E-state index in [0.29, 0.717) is 11.1 Å². The molecule has 0 spiro atoms. The molecular weight excluding hydrogens is 317 g/mol. The average molecular weight is 334 g/mol. The third kappa shape index (κ3) is 3.96. The Balaban J connectivity index is 1.72. The molecular formula is C18H17ClFNO2. The number of hydrogen-bond donors (Lipinski definition) is 0. The lowest BCUT2D eigenvalue weighted by molar-refractivity contribution is 0.0342. The first-order valence-corrected chi connectivity index (χ1v) is 7.90. The highest BCUT2D eigenvalue weighted by Crippen LogP contribution is 2.21. The summed E-state index contributed by atoms with van der Waals surface area (Å²) in [4.78, 5) is 14.8. The van der Waals surface area contributed by atoms with Crippen molar-refractivity contribution in [2.24, 2.45) is 0 Å². The smallest absolute Gasteiger partial charge is 0.194 e. The molecule has 23 heavy (non-hydrogen) atoms. The van der Waals surface area contributed by atoms with E-state index in [0.717, 1.165) is 44.5 Å². The molecule has 1 fully saturated rings. The van der Waals surface area contributed by atoms with Gasteiger partial charge in [0.05, 0.1) is 18.2 Å². The van der Waals surface area contributed by atoms with Crippen molar-refractivity contribution in [1.29, 1.82) is 0 Å². The van der Waals surface area contributed by atoms with Crippen molar-refractivity contribution in [3.63, 3.8) is 0 Å². The van der Waals surface area contributed by atoms with E-state index < -0.39 is 5.82 Å². The topological polar surface area (TPSA) is 29.5 Å². The lowest BCUT2D eigenvalue weighted by Crippen LogP contribution is -2.35. The van der Waals surface area contributed by atoms with E-state index in [4.69, 9.17) is 16.3 Å². The molecule has 0 unspecified atom stereocenters. The van der Waals surface area contributed by atoms with Gasteiger partial charge in [-0.15, -0.1) is 0 Å². The molecule has 0 amide bonds. The van der Waals surface area contributed by atoms with Crippen molar-refractivity contribution in [3.8, 4) is 0 Å². The van der Waals surface area contributed by atoms with Gasteiger partial charge in [-0.3, -0.25) is 9.69 Å². The van der Waals surface area contributed by atoms with Crippen molar-refractivity contribution in [1.82, 2.24) is 4.90 Å². The molecule has 1 aliphatic heterocycles. The summed E-state index contributed by atoms with van der Waals surface area (Å²) in [5, 5.41) is 0.132. The molecule has 0 radical (unpaired) electrons. The van der Waals surface area contributed by atoms with Crippen molar-refractivity contribution < 1.29 is 13.9 Å². The quantitative estimate of drug-likeness (QED) is 0.801. The highest BCUT2D eigenvalue weighted by molar-refractivity contribution is 6.35. The van der Waals surface area contributed by atoms with E-state index in [2.05, 4.69) is 4.90 Å². The second-order valence-corrected chi connectivity index (χ2v) is 5.95. The zero-order valence-corrected chi connectivity index (χ0v) is 13.4. The van der Waals surface area contributed by atoms with Crippen molar-refractivity contribution in [3.05, 3.63) is 70.0 Å². The Morgan fingerprint density at radius 2 is 1.83 bits per heavy atom. The summed E-state index contributed by atoms with van der Waals surface area (Å²) in [6.45, 7) is 4.21. The van der Waals surface area contributed by atoms with Gasteiger partial charge in [-0.2, -0.15) is 0 Å². The zero-order chi connectivity index (χ0) is 16.2. The maximum Gasteiger partial charge on any atom is 0.194 e. The second kappa shape index (κ2) is 7.21. The summed E-state index contributed by atoms with van der Waals surface area (Å²) in [5.74, 6) is -0.652. The van der Waals surface area contributed by atoms with Gasteiger partial charge in [0.25, 0.3) is 0 Å². The van der Waals surface area contributed by atoms with Crippen LogP contribution in [0.2, 0.25) is 5.02 Å². The largest absolute Gasteiger partial charge is 0.379 e. The van der Waals surface area contributed by atoms with Crippen LogP contribution in [-0.4, -0.2) is 37.0 Å². The van der Waals surface area contributed by atoms with Crippen molar-refractivity contribution in [2.45, 2.75) is 6.54 Å². The number of rotatable bonds is 4. The first kappa shape index (κ1) is 16.1. The van der Waals surface area contributed by atoms with Crippen LogP contribution in [0.5, 0.6) is 0 Å². The van der Waals surface area contributed by atoms with Crippen LogP contribution in [0.15, 0.2) is 42.5 Å². The van der Waals surface area contributed by atoms with Crippen LogP contribution in [0.25, 0.3) is 0 Å². The first-order chi connectivity index (χ1) is 11.1. The fraction of sp³-hybridized carbons (Fsp3) is 0.278. The number of hydrogen-bond acceptors (Lipinski definition) is 3. The molecule has 3 rings (SSSR count). The molecule has 2 aromatic carbocycles. The first-order valence-electron chi connectivity index (χ1n) is 7.52. The number of ketones is 1. The Morgan fingerprint density at radius 1 is 1.13 bits per heavy atom. The Bertz CT molecular complexity index is 697. The van der Waals surface area contributed by atoms with Crippen molar-refractivity contribution >= 4 is 17.4 Å². The van der Waals surface area contributed by atoms with Crippen LogP contribution in [0.1, 0.15) is 21.5 Å². The number of carbonyl (C=O) groups is 1. The molecule has 0 aromatic heterocycles. The molecule has 0 bridgehead atoms. The standard InChI is InChI=1S/C18H17ClFNO2/c19-17-11-15(20)5-6-16(17)18(22)14-3-1-13(2-4-14)12-21-7-9-23-10-8-21/h1-6,11H,7-10,12H2. The molecule has 0 aliphatic carbocycles. The number of halogens is 2. The summed E-state index contributed by atoms with van der Waals surface area (Å²) < 4.78 is 18.4. The SMILES string of the molecule is O=C(c1ccc(CN2CCOCC2)cc1)c1ccc(F)cc1Cl. The minimum absolute atomic E-state index is 0.132. The van der Waals surface area contributed by atoms with Crippen LogP contribution in [0.4, 0.5) is 4.39 Å². The number of benzene rings is 2. The maximum atomic E-state index is 13.1. The zero-order valence-electron chi connectivity index (χ0n) is 12.6. The van der Waals surface area contributed by atoms with Crippen LogP contribution in [0, 0.1) is 5.82 Å². The van der Waals surface area contributed by atoms with Gasteiger partial charge in [-0.25, -0.2) is 4.39 Å². The van der Waals surface area contributed by atoms with E-state index in [1.807, 2.05) is 12.1 Å². The molecule has 2 aromatic rings. The lowest BCUT2D eigenvalue weighted by atomic mass is 10.0. The number of carbonyl (C=O) groups excluding carboxylic acids is 1. The minimum atomic E-state index is -0.451. The van der Waals surface area contributed by atoms with E-state index in [1.165, 1.54) is 12.1 Å². The molecule has 3 nitrogen and oxygen atoms in total. The highest BCUT2D eigenvalue weighted by Gasteiger charge is 2.14. The monoisotopic (exact) mass is 333 g/mol. The van der Waals surface area contributed by atoms with E-state index in [-0.39, 0.29) is 10.8 Å². The summed E-state index contributed by atoms with van der Waals surface area (Å²) in [7, 11) is 0. The molecule has 1 saturated heterocycles. The van der Waals surface area contributed by atoms with Gasteiger partial charge in [0.1, 0.15) is 5.82 Å². The van der Waals surface area contributed by atoms with E-state index in [1.54, 1.807) is 12.1 Å². The summed E-state index contributed by atoms with van der Waals surface area (Å²) in [6.07, 6.45) is 0. The number of morpholine rings is 1. The highest BCUT2D eigenvalue weighted by atomic mass is 35.5. The van der Waals surface area contributed by atoms with Crippen LogP contribution in [-0.2, 0) is 11.3 Å². The number of nitrogens with zero attached hydrogens (tertiary/aromatic N) is 1. The molecule has 1 aliphatic rings. The predicted octanol–water partition coefficient (Wildman–Crippen LogP) is 3.54. The van der Waals surface area contributed by atoms with E-state index >= 15 is 0 Å². The lowest BCUT2D eigenvalue weighted by Gasteiger charge is -2.26. The third-order valence-electron chi connectivity index (χ3n) is 3.90. The Morgan fingerprint density at radius 3 is 2.48 bits per heavy atom. The fourth-order valence-corrected chi connectivity index (χ4v) is 2.86. The van der Waals surface area contributed by atoms with Crippen LogP contribution < -0.4 is 0 Å². The molecule has 1 heterocycles. The third-order valence-corrected chi connectivity index (χ3v) is 4.21. The summed E-state index contributed by atoms with van der Waals surface area (Å²) >= 11 is 5.96.